The first-order chi connectivity index (χ1) is 10.7. The highest BCUT2D eigenvalue weighted by Gasteiger charge is 2.21. The fourth-order valence-electron chi connectivity index (χ4n) is 2.42. The molecule has 1 aromatic rings. The lowest BCUT2D eigenvalue weighted by atomic mass is 9.97. The molecule has 22 heavy (non-hydrogen) atoms. The van der Waals surface area contributed by atoms with Crippen molar-refractivity contribution in [2.75, 3.05) is 32.8 Å². The second-order valence-electron chi connectivity index (χ2n) is 5.44. The minimum Gasteiger partial charge on any atom is -0.484 e. The maximum Gasteiger partial charge on any atom is 0.258 e. The van der Waals surface area contributed by atoms with Gasteiger partial charge in [0.25, 0.3) is 5.91 Å². The number of hydrogen-bond acceptors (Lipinski definition) is 4. The van der Waals surface area contributed by atoms with Crippen molar-refractivity contribution in [3.05, 3.63) is 30.3 Å². The summed E-state index contributed by atoms with van der Waals surface area (Å²) in [5.74, 6) is 0.795. The third-order valence-electron chi connectivity index (χ3n) is 3.85. The molecule has 120 valence electrons. The molecule has 1 aliphatic rings. The number of amides is 2. The van der Waals surface area contributed by atoms with E-state index in [4.69, 9.17) is 10.5 Å². The normalized spacial score (nSPS) is 15.4. The first-order valence-corrected chi connectivity index (χ1v) is 7.61. The zero-order valence-corrected chi connectivity index (χ0v) is 12.7. The summed E-state index contributed by atoms with van der Waals surface area (Å²) in [6.45, 7) is 2.04. The number of para-hydroxylation sites is 1. The average molecular weight is 305 g/mol. The van der Waals surface area contributed by atoms with Crippen molar-refractivity contribution >= 4 is 11.8 Å². The van der Waals surface area contributed by atoms with E-state index in [0.29, 0.717) is 18.2 Å². The number of nitrogens with one attached hydrogen (secondary N) is 1. The summed E-state index contributed by atoms with van der Waals surface area (Å²) < 4.78 is 5.32. The summed E-state index contributed by atoms with van der Waals surface area (Å²) in [7, 11) is 0. The van der Waals surface area contributed by atoms with Crippen molar-refractivity contribution in [2.45, 2.75) is 12.8 Å². The molecule has 0 atom stereocenters. The van der Waals surface area contributed by atoms with Crippen LogP contribution >= 0.6 is 0 Å². The van der Waals surface area contributed by atoms with E-state index in [-0.39, 0.29) is 25.0 Å². The van der Waals surface area contributed by atoms with E-state index in [1.807, 2.05) is 18.2 Å². The SMILES string of the molecule is NCC1CCN(C(=O)CNC(=O)COc2ccccc2)CC1. The molecule has 6 heteroatoms. The minimum atomic E-state index is -0.297. The maximum atomic E-state index is 12.0. The van der Waals surface area contributed by atoms with Gasteiger partial charge in [0.1, 0.15) is 5.75 Å². The molecule has 1 saturated heterocycles. The Hall–Kier alpha value is -2.08. The van der Waals surface area contributed by atoms with E-state index in [0.717, 1.165) is 25.9 Å². The van der Waals surface area contributed by atoms with Crippen molar-refractivity contribution in [3.8, 4) is 5.75 Å². The second kappa shape index (κ2) is 8.38. The summed E-state index contributed by atoms with van der Waals surface area (Å²) in [6, 6.07) is 9.10. The molecule has 0 unspecified atom stereocenters. The Labute approximate surface area is 130 Å². The van der Waals surface area contributed by atoms with Crippen LogP contribution in [-0.4, -0.2) is 49.5 Å². The number of rotatable bonds is 6. The van der Waals surface area contributed by atoms with Gasteiger partial charge in [0.15, 0.2) is 6.61 Å². The number of ether oxygens (including phenoxy) is 1. The Morgan fingerprint density at radius 2 is 1.91 bits per heavy atom. The minimum absolute atomic E-state index is 0.0181. The monoisotopic (exact) mass is 305 g/mol. The molecule has 1 aliphatic heterocycles. The smallest absolute Gasteiger partial charge is 0.258 e. The molecule has 0 spiro atoms. The summed E-state index contributed by atoms with van der Waals surface area (Å²) in [6.07, 6.45) is 1.88. The molecule has 1 fully saturated rings. The van der Waals surface area contributed by atoms with E-state index in [9.17, 15) is 9.59 Å². The predicted molar refractivity (Wildman–Crippen MR) is 83.3 cm³/mol. The van der Waals surface area contributed by atoms with Crippen LogP contribution in [0, 0.1) is 5.92 Å². The van der Waals surface area contributed by atoms with Crippen molar-refractivity contribution in [3.63, 3.8) is 0 Å². The number of hydrogen-bond donors (Lipinski definition) is 2. The average Bonchev–Trinajstić information content (AvgIpc) is 2.58. The van der Waals surface area contributed by atoms with Gasteiger partial charge in [0.2, 0.25) is 5.91 Å². The third-order valence-corrected chi connectivity index (χ3v) is 3.85. The Bertz CT molecular complexity index is 485. The van der Waals surface area contributed by atoms with E-state index in [1.54, 1.807) is 17.0 Å². The molecule has 0 radical (unpaired) electrons. The van der Waals surface area contributed by atoms with E-state index in [2.05, 4.69) is 5.32 Å². The van der Waals surface area contributed by atoms with E-state index >= 15 is 0 Å². The Kier molecular flexibility index (Phi) is 6.21. The Balaban J connectivity index is 1.64. The lowest BCUT2D eigenvalue weighted by Gasteiger charge is -2.31. The first kappa shape index (κ1) is 16.3. The van der Waals surface area contributed by atoms with Gasteiger partial charge in [-0.05, 0) is 37.4 Å². The maximum absolute atomic E-state index is 12.0. The highest BCUT2D eigenvalue weighted by atomic mass is 16.5. The number of carbonyl (C=O) groups is 2. The number of piperidine rings is 1. The number of nitrogens with two attached hydrogens (primary N) is 1. The lowest BCUT2D eigenvalue weighted by molar-refractivity contribution is -0.134. The van der Waals surface area contributed by atoms with Crippen LogP contribution in [0.5, 0.6) is 5.75 Å². The summed E-state index contributed by atoms with van der Waals surface area (Å²) >= 11 is 0. The molecular weight excluding hydrogens is 282 g/mol. The molecule has 2 amide bonds. The quantitative estimate of drug-likeness (QED) is 0.796. The van der Waals surface area contributed by atoms with Crippen LogP contribution in [0.1, 0.15) is 12.8 Å². The summed E-state index contributed by atoms with van der Waals surface area (Å²) in [5.41, 5.74) is 5.63. The van der Waals surface area contributed by atoms with Crippen molar-refractivity contribution in [1.82, 2.24) is 10.2 Å². The first-order valence-electron chi connectivity index (χ1n) is 7.61. The number of likely N-dealkylation sites (tertiary alicyclic amines) is 1. The van der Waals surface area contributed by atoms with Crippen LogP contribution in [0.3, 0.4) is 0 Å². The number of carbonyl (C=O) groups excluding carboxylic acids is 2. The zero-order valence-electron chi connectivity index (χ0n) is 12.7. The van der Waals surface area contributed by atoms with Gasteiger partial charge < -0.3 is 20.7 Å². The van der Waals surface area contributed by atoms with Crippen LogP contribution in [-0.2, 0) is 9.59 Å². The van der Waals surface area contributed by atoms with E-state index in [1.165, 1.54) is 0 Å². The molecule has 0 bridgehead atoms. The van der Waals surface area contributed by atoms with Crippen LogP contribution in [0.2, 0.25) is 0 Å². The van der Waals surface area contributed by atoms with Gasteiger partial charge in [-0.1, -0.05) is 18.2 Å². The molecule has 0 saturated carbocycles. The summed E-state index contributed by atoms with van der Waals surface area (Å²) in [5, 5.41) is 2.60. The van der Waals surface area contributed by atoms with Crippen molar-refractivity contribution < 1.29 is 14.3 Å². The predicted octanol–water partition coefficient (Wildman–Crippen LogP) is 0.379. The molecular formula is C16H23N3O3. The van der Waals surface area contributed by atoms with Crippen LogP contribution in [0.15, 0.2) is 30.3 Å². The number of nitrogens with zero attached hydrogens (tertiary/aromatic N) is 1. The van der Waals surface area contributed by atoms with Crippen molar-refractivity contribution in [2.24, 2.45) is 11.7 Å². The van der Waals surface area contributed by atoms with E-state index < -0.39 is 0 Å². The van der Waals surface area contributed by atoms with Gasteiger partial charge in [-0.25, -0.2) is 0 Å². The van der Waals surface area contributed by atoms with Crippen molar-refractivity contribution in [1.29, 1.82) is 0 Å². The Morgan fingerprint density at radius 1 is 1.23 bits per heavy atom. The topological polar surface area (TPSA) is 84.7 Å². The lowest BCUT2D eigenvalue weighted by Crippen LogP contribution is -2.45. The third kappa shape index (κ3) is 5.04. The number of benzene rings is 1. The van der Waals surface area contributed by atoms with Crippen LogP contribution in [0.25, 0.3) is 0 Å². The van der Waals surface area contributed by atoms with Gasteiger partial charge in [0, 0.05) is 13.1 Å². The largest absolute Gasteiger partial charge is 0.484 e. The Morgan fingerprint density at radius 3 is 2.55 bits per heavy atom. The molecule has 2 rings (SSSR count). The molecule has 0 aliphatic carbocycles. The molecule has 1 heterocycles. The fraction of sp³-hybridized carbons (Fsp3) is 0.500. The molecule has 6 nitrogen and oxygen atoms in total. The standard InChI is InChI=1S/C16H23N3O3/c17-10-13-6-8-19(9-7-13)16(21)11-18-15(20)12-22-14-4-2-1-3-5-14/h1-5,13H,6-12,17H2,(H,18,20). The van der Waals surface area contributed by atoms with Gasteiger partial charge in [-0.15, -0.1) is 0 Å². The highest BCUT2D eigenvalue weighted by Crippen LogP contribution is 2.15. The highest BCUT2D eigenvalue weighted by molar-refractivity contribution is 5.85. The fourth-order valence-corrected chi connectivity index (χ4v) is 2.42. The molecule has 0 aromatic heterocycles. The second-order valence-corrected chi connectivity index (χ2v) is 5.44. The van der Waals surface area contributed by atoms with Gasteiger partial charge in [0.05, 0.1) is 6.54 Å². The van der Waals surface area contributed by atoms with Crippen LogP contribution < -0.4 is 15.8 Å². The van der Waals surface area contributed by atoms with Crippen LogP contribution in [0.4, 0.5) is 0 Å². The van der Waals surface area contributed by atoms with Gasteiger partial charge in [-0.3, -0.25) is 9.59 Å². The molecule has 3 N–H and O–H groups in total. The summed E-state index contributed by atoms with van der Waals surface area (Å²) in [4.78, 5) is 25.5. The zero-order chi connectivity index (χ0) is 15.8. The van der Waals surface area contributed by atoms with Gasteiger partial charge in [-0.2, -0.15) is 0 Å². The molecule has 1 aromatic carbocycles. The van der Waals surface area contributed by atoms with Gasteiger partial charge >= 0.3 is 0 Å².